The second kappa shape index (κ2) is 7.12. The summed E-state index contributed by atoms with van der Waals surface area (Å²) in [6, 6.07) is 4.06. The molecule has 0 saturated carbocycles. The predicted octanol–water partition coefficient (Wildman–Crippen LogP) is 1.37. The normalized spacial score (nSPS) is 22.5. The Morgan fingerprint density at radius 1 is 1.16 bits per heavy atom. The quantitative estimate of drug-likeness (QED) is 0.831. The first-order chi connectivity index (χ1) is 11.8. The van der Waals surface area contributed by atoms with Gasteiger partial charge in [-0.05, 0) is 38.5 Å². The fraction of sp³-hybridized carbons (Fsp3) is 0.632. The first kappa shape index (κ1) is 17.9. The van der Waals surface area contributed by atoms with Crippen LogP contribution >= 0.6 is 0 Å². The standard InChI is InChI=1S/C19H28N4O2/c1-19(2,3)23-14-16(12-17(23)24)18(25)22-10-8-21(9-11-22)13-15-4-6-20-7-5-15/h4-7,16H,8-14H2,1-3H3/t16-/m1/s1. The van der Waals surface area contributed by atoms with Crippen molar-refractivity contribution in [1.82, 2.24) is 19.7 Å². The van der Waals surface area contributed by atoms with E-state index in [1.54, 1.807) is 0 Å². The van der Waals surface area contributed by atoms with E-state index < -0.39 is 0 Å². The molecule has 2 aliphatic heterocycles. The molecule has 2 saturated heterocycles. The van der Waals surface area contributed by atoms with E-state index in [0.29, 0.717) is 13.0 Å². The summed E-state index contributed by atoms with van der Waals surface area (Å²) in [5.41, 5.74) is 1.03. The van der Waals surface area contributed by atoms with Crippen molar-refractivity contribution >= 4 is 11.8 Å². The molecule has 6 nitrogen and oxygen atoms in total. The zero-order valence-corrected chi connectivity index (χ0v) is 15.4. The van der Waals surface area contributed by atoms with Gasteiger partial charge in [-0.3, -0.25) is 19.5 Å². The van der Waals surface area contributed by atoms with Gasteiger partial charge in [-0.2, -0.15) is 0 Å². The minimum absolute atomic E-state index is 0.0992. The first-order valence-corrected chi connectivity index (χ1v) is 9.05. The van der Waals surface area contributed by atoms with E-state index in [4.69, 9.17) is 0 Å². The Morgan fingerprint density at radius 2 is 1.80 bits per heavy atom. The number of pyridine rings is 1. The highest BCUT2D eigenvalue weighted by atomic mass is 16.2. The van der Waals surface area contributed by atoms with Crippen molar-refractivity contribution in [1.29, 1.82) is 0 Å². The van der Waals surface area contributed by atoms with E-state index in [0.717, 1.165) is 32.7 Å². The minimum Gasteiger partial charge on any atom is -0.340 e. The molecule has 25 heavy (non-hydrogen) atoms. The molecule has 0 spiro atoms. The number of carbonyl (C=O) groups excluding carboxylic acids is 2. The highest BCUT2D eigenvalue weighted by molar-refractivity contribution is 5.89. The molecule has 2 amide bonds. The van der Waals surface area contributed by atoms with Crippen molar-refractivity contribution in [2.24, 2.45) is 5.92 Å². The van der Waals surface area contributed by atoms with Gasteiger partial charge < -0.3 is 9.80 Å². The van der Waals surface area contributed by atoms with Gasteiger partial charge in [-0.25, -0.2) is 0 Å². The molecule has 0 N–H and O–H groups in total. The third kappa shape index (κ3) is 4.18. The Balaban J connectivity index is 1.51. The third-order valence-corrected chi connectivity index (χ3v) is 5.12. The van der Waals surface area contributed by atoms with Gasteiger partial charge in [0.15, 0.2) is 0 Å². The summed E-state index contributed by atoms with van der Waals surface area (Å²) in [4.78, 5) is 35.2. The van der Waals surface area contributed by atoms with Crippen LogP contribution in [0.3, 0.4) is 0 Å². The van der Waals surface area contributed by atoms with Gasteiger partial charge in [0.25, 0.3) is 0 Å². The molecular formula is C19H28N4O2. The van der Waals surface area contributed by atoms with E-state index in [9.17, 15) is 9.59 Å². The predicted molar refractivity (Wildman–Crippen MR) is 95.7 cm³/mol. The van der Waals surface area contributed by atoms with Crippen molar-refractivity contribution < 1.29 is 9.59 Å². The molecule has 1 atom stereocenters. The number of likely N-dealkylation sites (tertiary alicyclic amines) is 1. The number of hydrogen-bond donors (Lipinski definition) is 0. The Hall–Kier alpha value is -1.95. The molecule has 2 fully saturated rings. The summed E-state index contributed by atoms with van der Waals surface area (Å²) >= 11 is 0. The Morgan fingerprint density at radius 3 is 2.36 bits per heavy atom. The van der Waals surface area contributed by atoms with Crippen LogP contribution in [0.15, 0.2) is 24.5 Å². The van der Waals surface area contributed by atoms with Crippen LogP contribution in [-0.4, -0.2) is 69.8 Å². The monoisotopic (exact) mass is 344 g/mol. The number of nitrogens with zero attached hydrogens (tertiary/aromatic N) is 4. The zero-order valence-electron chi connectivity index (χ0n) is 15.4. The lowest BCUT2D eigenvalue weighted by Gasteiger charge is -2.36. The van der Waals surface area contributed by atoms with Crippen molar-refractivity contribution in [3.05, 3.63) is 30.1 Å². The summed E-state index contributed by atoms with van der Waals surface area (Å²) in [6.45, 7) is 10.7. The van der Waals surface area contributed by atoms with Gasteiger partial charge in [0.1, 0.15) is 0 Å². The molecule has 0 unspecified atom stereocenters. The molecule has 0 aliphatic carbocycles. The number of piperazine rings is 1. The third-order valence-electron chi connectivity index (χ3n) is 5.12. The molecule has 0 bridgehead atoms. The van der Waals surface area contributed by atoms with E-state index in [2.05, 4.69) is 9.88 Å². The van der Waals surface area contributed by atoms with Crippen LogP contribution in [0.2, 0.25) is 0 Å². The average molecular weight is 344 g/mol. The topological polar surface area (TPSA) is 56.8 Å². The second-order valence-corrected chi connectivity index (χ2v) is 8.03. The summed E-state index contributed by atoms with van der Waals surface area (Å²) in [5.74, 6) is 0.0595. The summed E-state index contributed by atoms with van der Waals surface area (Å²) in [7, 11) is 0. The maximum absolute atomic E-state index is 12.8. The molecule has 1 aromatic rings. The van der Waals surface area contributed by atoms with E-state index >= 15 is 0 Å². The van der Waals surface area contributed by atoms with Crippen molar-refractivity contribution in [3.63, 3.8) is 0 Å². The highest BCUT2D eigenvalue weighted by Gasteiger charge is 2.41. The van der Waals surface area contributed by atoms with Gasteiger partial charge in [0, 0.05) is 63.6 Å². The summed E-state index contributed by atoms with van der Waals surface area (Å²) in [5, 5.41) is 0. The molecule has 3 rings (SSSR count). The Bertz CT molecular complexity index is 618. The van der Waals surface area contributed by atoms with Crippen molar-refractivity contribution in [2.75, 3.05) is 32.7 Å². The number of rotatable bonds is 3. The molecule has 2 aliphatic rings. The average Bonchev–Trinajstić information content (AvgIpc) is 2.98. The molecule has 0 radical (unpaired) electrons. The smallest absolute Gasteiger partial charge is 0.228 e. The summed E-state index contributed by atoms with van der Waals surface area (Å²) in [6.07, 6.45) is 3.98. The van der Waals surface area contributed by atoms with Gasteiger partial charge in [-0.1, -0.05) is 0 Å². The molecule has 1 aromatic heterocycles. The fourth-order valence-corrected chi connectivity index (χ4v) is 3.65. The largest absolute Gasteiger partial charge is 0.340 e. The van der Waals surface area contributed by atoms with Crippen LogP contribution in [0.4, 0.5) is 0 Å². The maximum Gasteiger partial charge on any atom is 0.228 e. The lowest BCUT2D eigenvalue weighted by atomic mass is 10.1. The van der Waals surface area contributed by atoms with Crippen LogP contribution in [0.25, 0.3) is 0 Å². The highest BCUT2D eigenvalue weighted by Crippen LogP contribution is 2.27. The lowest BCUT2D eigenvalue weighted by molar-refractivity contribution is -0.137. The maximum atomic E-state index is 12.8. The molecule has 136 valence electrons. The van der Waals surface area contributed by atoms with Gasteiger partial charge in [0.2, 0.25) is 11.8 Å². The molecule has 0 aromatic carbocycles. The fourth-order valence-electron chi connectivity index (χ4n) is 3.65. The molecule has 3 heterocycles. The first-order valence-electron chi connectivity index (χ1n) is 9.05. The number of aromatic nitrogens is 1. The Kier molecular flexibility index (Phi) is 5.08. The van der Waals surface area contributed by atoms with Crippen LogP contribution in [-0.2, 0) is 16.1 Å². The number of carbonyl (C=O) groups is 2. The van der Waals surface area contributed by atoms with Crippen LogP contribution in [0.1, 0.15) is 32.8 Å². The second-order valence-electron chi connectivity index (χ2n) is 8.03. The molecule has 6 heteroatoms. The van der Waals surface area contributed by atoms with Gasteiger partial charge in [-0.15, -0.1) is 0 Å². The minimum atomic E-state index is -0.213. The SMILES string of the molecule is CC(C)(C)N1C[C@H](C(=O)N2CCN(Cc3ccncc3)CC2)CC1=O. The van der Waals surface area contributed by atoms with Crippen LogP contribution in [0.5, 0.6) is 0 Å². The van der Waals surface area contributed by atoms with Gasteiger partial charge in [0.05, 0.1) is 5.92 Å². The number of hydrogen-bond acceptors (Lipinski definition) is 4. The van der Waals surface area contributed by atoms with Crippen molar-refractivity contribution in [2.45, 2.75) is 39.3 Å². The zero-order chi connectivity index (χ0) is 18.0. The summed E-state index contributed by atoms with van der Waals surface area (Å²) < 4.78 is 0. The van der Waals surface area contributed by atoms with Crippen LogP contribution < -0.4 is 0 Å². The Labute approximate surface area is 149 Å². The lowest BCUT2D eigenvalue weighted by Crippen LogP contribution is -2.50. The van der Waals surface area contributed by atoms with E-state index in [-0.39, 0.29) is 23.3 Å². The number of amides is 2. The van der Waals surface area contributed by atoms with E-state index in [1.807, 2.05) is 55.1 Å². The van der Waals surface area contributed by atoms with E-state index in [1.165, 1.54) is 5.56 Å². The van der Waals surface area contributed by atoms with Crippen LogP contribution in [0, 0.1) is 5.92 Å². The van der Waals surface area contributed by atoms with Crippen molar-refractivity contribution in [3.8, 4) is 0 Å². The molecular weight excluding hydrogens is 316 g/mol. The van der Waals surface area contributed by atoms with Gasteiger partial charge >= 0.3 is 0 Å².